The number of hydrogen-bond donors (Lipinski definition) is 1. The third-order valence-corrected chi connectivity index (χ3v) is 5.16. The number of carbonyl (C=O) groups excluding carboxylic acids is 2. The first-order valence-electron chi connectivity index (χ1n) is 9.17. The van der Waals surface area contributed by atoms with E-state index < -0.39 is 16.8 Å². The molecule has 0 bridgehead atoms. The van der Waals surface area contributed by atoms with Crippen LogP contribution in [0.1, 0.15) is 39.0 Å². The lowest BCUT2D eigenvalue weighted by Crippen LogP contribution is -2.12. The van der Waals surface area contributed by atoms with Crippen molar-refractivity contribution in [1.82, 2.24) is 0 Å². The van der Waals surface area contributed by atoms with Crippen LogP contribution in [0.2, 0.25) is 0 Å². The molecule has 0 saturated heterocycles. The number of nitro benzene ring substituents is 1. The van der Waals surface area contributed by atoms with Gasteiger partial charge in [0, 0.05) is 22.6 Å². The Morgan fingerprint density at radius 1 is 1.14 bits per heavy atom. The zero-order chi connectivity index (χ0) is 20.5. The minimum absolute atomic E-state index is 0.00104. The number of carbonyl (C=O) groups is 2. The van der Waals surface area contributed by atoms with Crippen molar-refractivity contribution in [3.63, 3.8) is 0 Å². The average molecular weight is 394 g/mol. The highest BCUT2D eigenvalue weighted by molar-refractivity contribution is 5.93. The van der Waals surface area contributed by atoms with Crippen molar-refractivity contribution in [1.29, 1.82) is 0 Å². The summed E-state index contributed by atoms with van der Waals surface area (Å²) in [5, 5.41) is 12.1. The van der Waals surface area contributed by atoms with Gasteiger partial charge in [-0.2, -0.15) is 0 Å². The van der Waals surface area contributed by atoms with E-state index in [4.69, 9.17) is 14.9 Å². The summed E-state index contributed by atoms with van der Waals surface area (Å²) in [5.74, 6) is -1.29. The molecule has 0 saturated carbocycles. The molecule has 3 aromatic rings. The fourth-order valence-corrected chi connectivity index (χ4v) is 3.66. The maximum atomic E-state index is 12.3. The lowest BCUT2D eigenvalue weighted by molar-refractivity contribution is -0.385. The van der Waals surface area contributed by atoms with Crippen LogP contribution >= 0.6 is 0 Å². The number of benzene rings is 2. The summed E-state index contributed by atoms with van der Waals surface area (Å²) < 4.78 is 10.8. The van der Waals surface area contributed by atoms with Crippen molar-refractivity contribution < 1.29 is 23.7 Å². The van der Waals surface area contributed by atoms with Crippen LogP contribution in [0.3, 0.4) is 0 Å². The van der Waals surface area contributed by atoms with Gasteiger partial charge in [0.05, 0.1) is 23.2 Å². The molecule has 1 aliphatic carbocycles. The first-order valence-corrected chi connectivity index (χ1v) is 9.17. The number of aryl methyl sites for hydroxylation is 2. The molecule has 4 rings (SSSR count). The van der Waals surface area contributed by atoms with Crippen molar-refractivity contribution >= 4 is 28.5 Å². The smallest absolute Gasteiger partial charge is 0.310 e. The van der Waals surface area contributed by atoms with Crippen LogP contribution in [-0.2, 0) is 35.4 Å². The van der Waals surface area contributed by atoms with Gasteiger partial charge in [-0.05, 0) is 54.7 Å². The van der Waals surface area contributed by atoms with Gasteiger partial charge in [-0.15, -0.1) is 0 Å². The van der Waals surface area contributed by atoms with Gasteiger partial charge in [0.1, 0.15) is 12.2 Å². The summed E-state index contributed by atoms with van der Waals surface area (Å²) in [6.45, 7) is -0.278. The first-order chi connectivity index (χ1) is 13.9. The van der Waals surface area contributed by atoms with E-state index in [1.54, 1.807) is 6.26 Å². The lowest BCUT2D eigenvalue weighted by Gasteiger charge is -2.06. The summed E-state index contributed by atoms with van der Waals surface area (Å²) in [7, 11) is 0. The number of amides is 1. The van der Waals surface area contributed by atoms with Crippen LogP contribution in [0, 0.1) is 10.1 Å². The van der Waals surface area contributed by atoms with E-state index >= 15 is 0 Å². The van der Waals surface area contributed by atoms with Crippen LogP contribution in [0.4, 0.5) is 5.69 Å². The lowest BCUT2D eigenvalue weighted by atomic mass is 10.0. The van der Waals surface area contributed by atoms with E-state index in [0.29, 0.717) is 0 Å². The Morgan fingerprint density at radius 3 is 2.62 bits per heavy atom. The molecule has 0 radical (unpaired) electrons. The Hall–Kier alpha value is -3.68. The second-order valence-corrected chi connectivity index (χ2v) is 7.03. The molecule has 2 N–H and O–H groups in total. The maximum Gasteiger partial charge on any atom is 0.310 e. The molecular weight excluding hydrogens is 376 g/mol. The fourth-order valence-electron chi connectivity index (χ4n) is 3.66. The third-order valence-electron chi connectivity index (χ3n) is 5.16. The van der Waals surface area contributed by atoms with Crippen molar-refractivity contribution in [2.75, 3.05) is 0 Å². The summed E-state index contributed by atoms with van der Waals surface area (Å²) in [6.07, 6.45) is 4.72. The molecular formula is C21H18N2O6. The number of fused-ring (bicyclic) bond motifs is 2. The maximum absolute atomic E-state index is 12.3. The third kappa shape index (κ3) is 3.69. The van der Waals surface area contributed by atoms with Gasteiger partial charge in [-0.1, -0.05) is 0 Å². The highest BCUT2D eigenvalue weighted by atomic mass is 16.6. The molecule has 1 heterocycles. The van der Waals surface area contributed by atoms with E-state index in [2.05, 4.69) is 6.07 Å². The Morgan fingerprint density at radius 2 is 1.90 bits per heavy atom. The predicted octanol–water partition coefficient (Wildman–Crippen LogP) is 3.21. The summed E-state index contributed by atoms with van der Waals surface area (Å²) in [4.78, 5) is 34.1. The zero-order valence-electron chi connectivity index (χ0n) is 15.5. The predicted molar refractivity (Wildman–Crippen MR) is 103 cm³/mol. The molecule has 1 aliphatic rings. The zero-order valence-corrected chi connectivity index (χ0v) is 15.5. The molecule has 1 amide bonds. The largest absolute Gasteiger partial charge is 0.464 e. The van der Waals surface area contributed by atoms with E-state index in [0.717, 1.165) is 41.9 Å². The van der Waals surface area contributed by atoms with Gasteiger partial charge in [-0.25, -0.2) is 0 Å². The van der Waals surface area contributed by atoms with Gasteiger partial charge in [0.2, 0.25) is 5.91 Å². The molecule has 0 spiro atoms. The van der Waals surface area contributed by atoms with Crippen LogP contribution in [0.15, 0.2) is 41.0 Å². The Balaban J connectivity index is 1.48. The Labute approximate surface area is 165 Å². The molecule has 8 heteroatoms. The summed E-state index contributed by atoms with van der Waals surface area (Å²) in [6, 6.07) is 7.90. The quantitative estimate of drug-likeness (QED) is 0.389. The molecule has 29 heavy (non-hydrogen) atoms. The summed E-state index contributed by atoms with van der Waals surface area (Å²) in [5.41, 5.74) is 9.06. The number of nitrogens with zero attached hydrogens (tertiary/aromatic N) is 1. The minimum Gasteiger partial charge on any atom is -0.464 e. The molecule has 148 valence electrons. The van der Waals surface area contributed by atoms with Gasteiger partial charge in [-0.3, -0.25) is 19.7 Å². The number of furan rings is 1. The molecule has 2 aromatic carbocycles. The van der Waals surface area contributed by atoms with E-state index in [9.17, 15) is 19.7 Å². The molecule has 0 aliphatic heterocycles. The Bertz CT molecular complexity index is 1150. The van der Waals surface area contributed by atoms with Gasteiger partial charge in [0.15, 0.2) is 0 Å². The molecule has 0 fully saturated rings. The number of nitrogens with two attached hydrogens (primary N) is 1. The SMILES string of the molecule is NC(=O)c1ccc(COC(=O)Cc2coc3cc4c(cc23)CCC4)c([N+](=O)[O-])c1. The average Bonchev–Trinajstić information content (AvgIpc) is 3.30. The monoisotopic (exact) mass is 394 g/mol. The van der Waals surface area contributed by atoms with Crippen molar-refractivity contribution in [2.45, 2.75) is 32.3 Å². The van der Waals surface area contributed by atoms with Crippen molar-refractivity contribution in [2.24, 2.45) is 5.73 Å². The number of nitro groups is 1. The highest BCUT2D eigenvalue weighted by Gasteiger charge is 2.20. The topological polar surface area (TPSA) is 126 Å². The van der Waals surface area contributed by atoms with Crippen LogP contribution < -0.4 is 5.73 Å². The van der Waals surface area contributed by atoms with Gasteiger partial charge in [0.25, 0.3) is 5.69 Å². The normalized spacial score (nSPS) is 12.7. The number of esters is 1. The number of hydrogen-bond acceptors (Lipinski definition) is 6. The number of rotatable bonds is 6. The summed E-state index contributed by atoms with van der Waals surface area (Å²) >= 11 is 0. The number of ether oxygens (including phenoxy) is 1. The molecule has 8 nitrogen and oxygen atoms in total. The van der Waals surface area contributed by atoms with E-state index in [1.165, 1.54) is 23.3 Å². The number of primary amides is 1. The van der Waals surface area contributed by atoms with Gasteiger partial charge >= 0.3 is 5.97 Å². The minimum atomic E-state index is -0.769. The second kappa shape index (κ2) is 7.38. The van der Waals surface area contributed by atoms with Gasteiger partial charge < -0.3 is 14.9 Å². The standard InChI is InChI=1S/C21H18N2O6/c22-21(25)14-4-5-15(18(7-14)23(26)27)10-29-20(24)9-16-11-28-19-8-13-3-1-2-12(13)6-17(16)19/h4-8,11H,1-3,9-10H2,(H2,22,25). The molecule has 1 aromatic heterocycles. The fraction of sp³-hybridized carbons (Fsp3) is 0.238. The van der Waals surface area contributed by atoms with Crippen LogP contribution in [0.5, 0.6) is 0 Å². The van der Waals surface area contributed by atoms with E-state index in [-0.39, 0.29) is 29.8 Å². The second-order valence-electron chi connectivity index (χ2n) is 7.03. The molecule has 0 atom stereocenters. The van der Waals surface area contributed by atoms with Crippen molar-refractivity contribution in [3.05, 3.63) is 74.5 Å². The first kappa shape index (κ1) is 18.7. The van der Waals surface area contributed by atoms with Crippen LogP contribution in [-0.4, -0.2) is 16.8 Å². The van der Waals surface area contributed by atoms with Crippen LogP contribution in [0.25, 0.3) is 11.0 Å². The van der Waals surface area contributed by atoms with E-state index in [1.807, 2.05) is 6.07 Å². The molecule has 0 unspecified atom stereocenters. The Kier molecular flexibility index (Phi) is 4.75. The highest BCUT2D eigenvalue weighted by Crippen LogP contribution is 2.30. The van der Waals surface area contributed by atoms with Crippen molar-refractivity contribution in [3.8, 4) is 0 Å².